The molecule has 0 bridgehead atoms. The van der Waals surface area contributed by atoms with Crippen molar-refractivity contribution in [3.63, 3.8) is 0 Å². The number of nitrogens with zero attached hydrogens (tertiary/aromatic N) is 2. The van der Waals surface area contributed by atoms with Gasteiger partial charge < -0.3 is 19.9 Å². The zero-order valence-corrected chi connectivity index (χ0v) is 22.8. The lowest BCUT2D eigenvalue weighted by Gasteiger charge is -2.45. The van der Waals surface area contributed by atoms with Crippen molar-refractivity contribution in [3.05, 3.63) is 71.9 Å². The molecular formula is C30H38N4O3S. The fourth-order valence-electron chi connectivity index (χ4n) is 5.64. The largest absolute Gasteiger partial charge is 0.379 e. The molecule has 2 amide bonds. The molecule has 2 aromatic carbocycles. The molecule has 2 N–H and O–H groups in total. The van der Waals surface area contributed by atoms with E-state index in [2.05, 4.69) is 27.3 Å². The van der Waals surface area contributed by atoms with E-state index in [4.69, 9.17) is 4.74 Å². The topological polar surface area (TPSA) is 77.7 Å². The van der Waals surface area contributed by atoms with Crippen molar-refractivity contribution in [3.8, 4) is 0 Å². The summed E-state index contributed by atoms with van der Waals surface area (Å²) in [6.45, 7) is 5.49. The molecule has 0 saturated carbocycles. The Balaban J connectivity index is 1.35. The van der Waals surface area contributed by atoms with Gasteiger partial charge in [0.2, 0.25) is 5.91 Å². The molecule has 2 saturated heterocycles. The number of fused-ring (bicyclic) bond motifs is 1. The number of morpholine rings is 1. The zero-order chi connectivity index (χ0) is 26.2. The van der Waals surface area contributed by atoms with E-state index in [0.717, 1.165) is 61.9 Å². The lowest BCUT2D eigenvalue weighted by Crippen LogP contribution is -2.63. The van der Waals surface area contributed by atoms with E-state index < -0.39 is 5.54 Å². The number of thioether (sulfide) groups is 1. The predicted molar refractivity (Wildman–Crippen MR) is 154 cm³/mol. The van der Waals surface area contributed by atoms with Crippen molar-refractivity contribution in [1.29, 1.82) is 0 Å². The third-order valence-corrected chi connectivity index (χ3v) is 8.83. The van der Waals surface area contributed by atoms with E-state index >= 15 is 0 Å². The Morgan fingerprint density at radius 1 is 1.03 bits per heavy atom. The lowest BCUT2D eigenvalue weighted by atomic mass is 9.87. The quantitative estimate of drug-likeness (QED) is 0.385. The molecule has 202 valence electrons. The number of H-pyrrole nitrogens is 1. The summed E-state index contributed by atoms with van der Waals surface area (Å²) in [5.74, 6) is 1.66. The second kappa shape index (κ2) is 12.8. The average Bonchev–Trinajstić information content (AvgIpc) is 3.39. The molecular weight excluding hydrogens is 496 g/mol. The van der Waals surface area contributed by atoms with Crippen LogP contribution in [0.2, 0.25) is 0 Å². The molecule has 0 aliphatic carbocycles. The standard InChI is InChI=1S/C30H38N4O3S/c35-28(24-7-2-1-3-8-24)34(16-11-25-23-32-27-10-5-4-9-26(25)27)30(12-21-38-22-13-30)29(36)31-14-6-15-33-17-19-37-20-18-33/h1-5,7-10,23,32H,6,11-22H2,(H,31,36). The summed E-state index contributed by atoms with van der Waals surface area (Å²) < 4.78 is 5.44. The number of nitrogens with one attached hydrogen (secondary N) is 2. The van der Waals surface area contributed by atoms with E-state index in [1.54, 1.807) is 0 Å². The maximum absolute atomic E-state index is 14.0. The van der Waals surface area contributed by atoms with Crippen LogP contribution in [0.5, 0.6) is 0 Å². The van der Waals surface area contributed by atoms with Gasteiger partial charge in [0, 0.05) is 48.8 Å². The highest BCUT2D eigenvalue weighted by Gasteiger charge is 2.47. The second-order valence-corrected chi connectivity index (χ2v) is 11.4. The van der Waals surface area contributed by atoms with Gasteiger partial charge in [0.05, 0.1) is 13.2 Å². The van der Waals surface area contributed by atoms with E-state index in [0.29, 0.717) is 37.9 Å². The summed E-state index contributed by atoms with van der Waals surface area (Å²) in [4.78, 5) is 35.6. The van der Waals surface area contributed by atoms with Crippen LogP contribution in [-0.4, -0.2) is 89.6 Å². The minimum Gasteiger partial charge on any atom is -0.379 e. The molecule has 0 radical (unpaired) electrons. The van der Waals surface area contributed by atoms with Crippen LogP contribution < -0.4 is 5.32 Å². The maximum atomic E-state index is 14.0. The van der Waals surface area contributed by atoms with Crippen LogP contribution in [0.3, 0.4) is 0 Å². The second-order valence-electron chi connectivity index (χ2n) is 10.1. The molecule has 0 unspecified atom stereocenters. The number of hydrogen-bond acceptors (Lipinski definition) is 5. The highest BCUT2D eigenvalue weighted by atomic mass is 32.2. The number of amides is 2. The van der Waals surface area contributed by atoms with Gasteiger partial charge in [-0.2, -0.15) is 11.8 Å². The first kappa shape index (κ1) is 26.8. The predicted octanol–water partition coefficient (Wildman–Crippen LogP) is 3.96. The number of para-hydroxylation sites is 1. The lowest BCUT2D eigenvalue weighted by molar-refractivity contribution is -0.132. The summed E-state index contributed by atoms with van der Waals surface area (Å²) in [6, 6.07) is 17.6. The fourth-order valence-corrected chi connectivity index (χ4v) is 6.81. The number of hydrogen-bond donors (Lipinski definition) is 2. The number of aromatic amines is 1. The Morgan fingerprint density at radius 2 is 1.76 bits per heavy atom. The van der Waals surface area contributed by atoms with Crippen LogP contribution in [0.4, 0.5) is 0 Å². The van der Waals surface area contributed by atoms with Crippen LogP contribution in [0.25, 0.3) is 10.9 Å². The molecule has 3 aromatic rings. The molecule has 0 atom stereocenters. The first-order chi connectivity index (χ1) is 18.7. The molecule has 2 aliphatic heterocycles. The fraction of sp³-hybridized carbons (Fsp3) is 0.467. The summed E-state index contributed by atoms with van der Waals surface area (Å²) >= 11 is 1.86. The van der Waals surface area contributed by atoms with Gasteiger partial charge >= 0.3 is 0 Å². The van der Waals surface area contributed by atoms with Gasteiger partial charge in [-0.3, -0.25) is 14.5 Å². The zero-order valence-electron chi connectivity index (χ0n) is 22.0. The Labute approximate surface area is 229 Å². The third-order valence-electron chi connectivity index (χ3n) is 7.85. The van der Waals surface area contributed by atoms with E-state index in [9.17, 15) is 9.59 Å². The number of ether oxygens (including phenoxy) is 1. The Morgan fingerprint density at radius 3 is 2.55 bits per heavy atom. The van der Waals surface area contributed by atoms with Crippen LogP contribution in [0, 0.1) is 0 Å². The molecule has 7 nitrogen and oxygen atoms in total. The molecule has 0 spiro atoms. The van der Waals surface area contributed by atoms with Gasteiger partial charge in [-0.05, 0) is 67.5 Å². The van der Waals surface area contributed by atoms with Gasteiger partial charge in [0.25, 0.3) is 5.91 Å². The minimum absolute atomic E-state index is 0.0111. The van der Waals surface area contributed by atoms with Crippen molar-refractivity contribution in [2.75, 3.05) is 57.4 Å². The van der Waals surface area contributed by atoms with Crippen molar-refractivity contribution in [2.24, 2.45) is 0 Å². The maximum Gasteiger partial charge on any atom is 0.254 e. The molecule has 38 heavy (non-hydrogen) atoms. The van der Waals surface area contributed by atoms with Crippen LogP contribution in [0.1, 0.15) is 35.2 Å². The summed E-state index contributed by atoms with van der Waals surface area (Å²) in [6.07, 6.45) is 4.93. The molecule has 2 fully saturated rings. The smallest absolute Gasteiger partial charge is 0.254 e. The number of benzene rings is 2. The van der Waals surface area contributed by atoms with Crippen LogP contribution in [-0.2, 0) is 16.0 Å². The van der Waals surface area contributed by atoms with E-state index in [1.807, 2.05) is 65.3 Å². The molecule has 2 aliphatic rings. The summed E-state index contributed by atoms with van der Waals surface area (Å²) in [5, 5.41) is 4.40. The number of aromatic nitrogens is 1. The van der Waals surface area contributed by atoms with Gasteiger partial charge in [-0.25, -0.2) is 0 Å². The molecule has 1 aromatic heterocycles. The Bertz CT molecular complexity index is 1200. The van der Waals surface area contributed by atoms with Crippen molar-refractivity contribution in [2.45, 2.75) is 31.2 Å². The van der Waals surface area contributed by atoms with Gasteiger partial charge in [0.1, 0.15) is 5.54 Å². The molecule has 8 heteroatoms. The van der Waals surface area contributed by atoms with Gasteiger partial charge in [-0.15, -0.1) is 0 Å². The van der Waals surface area contributed by atoms with Crippen molar-refractivity contribution < 1.29 is 14.3 Å². The van der Waals surface area contributed by atoms with Crippen molar-refractivity contribution >= 4 is 34.5 Å². The monoisotopic (exact) mass is 534 g/mol. The van der Waals surface area contributed by atoms with Gasteiger partial charge in [0.15, 0.2) is 0 Å². The summed E-state index contributed by atoms with van der Waals surface area (Å²) in [7, 11) is 0. The Hall–Kier alpha value is -2.81. The Kier molecular flexibility index (Phi) is 9.04. The number of carbonyl (C=O) groups excluding carboxylic acids is 2. The van der Waals surface area contributed by atoms with E-state index in [-0.39, 0.29) is 11.8 Å². The SMILES string of the molecule is O=C(c1ccccc1)N(CCc1c[nH]c2ccccc12)C1(C(=O)NCCCN2CCOCC2)CCSCC1. The first-order valence-electron chi connectivity index (χ1n) is 13.8. The van der Waals surface area contributed by atoms with E-state index in [1.165, 1.54) is 5.39 Å². The highest BCUT2D eigenvalue weighted by Crippen LogP contribution is 2.35. The number of rotatable bonds is 10. The summed E-state index contributed by atoms with van der Waals surface area (Å²) in [5.41, 5.74) is 2.04. The average molecular weight is 535 g/mol. The molecule has 3 heterocycles. The molecule has 5 rings (SSSR count). The highest BCUT2D eigenvalue weighted by molar-refractivity contribution is 7.99. The van der Waals surface area contributed by atoms with Gasteiger partial charge in [-0.1, -0.05) is 36.4 Å². The minimum atomic E-state index is -0.844. The number of carbonyl (C=O) groups is 2. The van der Waals surface area contributed by atoms with Crippen LogP contribution in [0.15, 0.2) is 60.8 Å². The third kappa shape index (κ3) is 6.08. The van der Waals surface area contributed by atoms with Crippen molar-refractivity contribution in [1.82, 2.24) is 20.1 Å². The first-order valence-corrected chi connectivity index (χ1v) is 14.9. The van der Waals surface area contributed by atoms with Crippen LogP contribution >= 0.6 is 11.8 Å². The normalized spacial score (nSPS) is 17.8.